The van der Waals surface area contributed by atoms with Gasteiger partial charge in [0.1, 0.15) is 5.82 Å². The molecule has 1 aliphatic heterocycles. The number of anilines is 2. The van der Waals surface area contributed by atoms with E-state index < -0.39 is 15.8 Å². The zero-order valence-corrected chi connectivity index (χ0v) is 16.2. The van der Waals surface area contributed by atoms with Crippen LogP contribution in [0.4, 0.5) is 15.8 Å². The Bertz CT molecular complexity index is 1070. The SMILES string of the molecule is CC1CC(Nc2ccccc2)c2ccccc2N1S(=O)(=O)c1ccc(F)cc1. The molecule has 0 saturated heterocycles. The predicted octanol–water partition coefficient (Wildman–Crippen LogP) is 4.97. The van der Waals surface area contributed by atoms with Crippen LogP contribution in [0.25, 0.3) is 0 Å². The fourth-order valence-electron chi connectivity index (χ4n) is 3.74. The zero-order valence-electron chi connectivity index (χ0n) is 15.4. The van der Waals surface area contributed by atoms with Crippen molar-refractivity contribution in [2.24, 2.45) is 0 Å². The molecule has 0 fully saturated rings. The molecule has 3 aromatic carbocycles. The largest absolute Gasteiger partial charge is 0.378 e. The average molecular weight is 396 g/mol. The van der Waals surface area contributed by atoms with Crippen molar-refractivity contribution in [1.82, 2.24) is 0 Å². The summed E-state index contributed by atoms with van der Waals surface area (Å²) in [5.74, 6) is -0.460. The normalized spacial score (nSPS) is 19.1. The van der Waals surface area contributed by atoms with Crippen molar-refractivity contribution in [2.45, 2.75) is 30.3 Å². The summed E-state index contributed by atoms with van der Waals surface area (Å²) in [5.41, 5.74) is 2.57. The van der Waals surface area contributed by atoms with E-state index >= 15 is 0 Å². The van der Waals surface area contributed by atoms with Gasteiger partial charge < -0.3 is 5.32 Å². The van der Waals surface area contributed by atoms with Gasteiger partial charge in [0.05, 0.1) is 16.6 Å². The molecule has 0 amide bonds. The Morgan fingerprint density at radius 1 is 0.929 bits per heavy atom. The molecule has 1 aliphatic rings. The highest BCUT2D eigenvalue weighted by molar-refractivity contribution is 7.92. The summed E-state index contributed by atoms with van der Waals surface area (Å²) in [5, 5.41) is 3.52. The monoisotopic (exact) mass is 396 g/mol. The van der Waals surface area contributed by atoms with Crippen LogP contribution in [0.5, 0.6) is 0 Å². The standard InChI is InChI=1S/C22H21FN2O2S/c1-16-15-21(24-18-7-3-2-4-8-18)20-9-5-6-10-22(20)25(16)28(26,27)19-13-11-17(23)12-14-19/h2-14,16,21,24H,15H2,1H3. The number of benzene rings is 3. The summed E-state index contributed by atoms with van der Waals surface area (Å²) in [6.45, 7) is 1.90. The van der Waals surface area contributed by atoms with Crippen LogP contribution in [-0.4, -0.2) is 14.5 Å². The molecule has 0 aromatic heterocycles. The van der Waals surface area contributed by atoms with Crippen molar-refractivity contribution in [3.63, 3.8) is 0 Å². The summed E-state index contributed by atoms with van der Waals surface area (Å²) in [4.78, 5) is 0.0880. The first-order valence-electron chi connectivity index (χ1n) is 9.17. The third-order valence-corrected chi connectivity index (χ3v) is 6.95. The third-order valence-electron chi connectivity index (χ3n) is 5.01. The fraction of sp³-hybridized carbons (Fsp3) is 0.182. The van der Waals surface area contributed by atoms with Crippen molar-refractivity contribution in [2.75, 3.05) is 9.62 Å². The van der Waals surface area contributed by atoms with Gasteiger partial charge >= 0.3 is 0 Å². The maximum absolute atomic E-state index is 13.3. The number of sulfonamides is 1. The number of nitrogens with one attached hydrogen (secondary N) is 1. The minimum atomic E-state index is -3.80. The summed E-state index contributed by atoms with van der Waals surface area (Å²) < 4.78 is 41.4. The van der Waals surface area contributed by atoms with E-state index in [0.29, 0.717) is 12.1 Å². The van der Waals surface area contributed by atoms with E-state index in [2.05, 4.69) is 5.32 Å². The molecular weight excluding hydrogens is 375 g/mol. The van der Waals surface area contributed by atoms with E-state index in [1.54, 1.807) is 0 Å². The Balaban J connectivity index is 1.75. The van der Waals surface area contributed by atoms with Gasteiger partial charge in [-0.15, -0.1) is 0 Å². The van der Waals surface area contributed by atoms with Crippen LogP contribution in [0.15, 0.2) is 83.8 Å². The fourth-order valence-corrected chi connectivity index (χ4v) is 5.44. The van der Waals surface area contributed by atoms with E-state index in [-0.39, 0.29) is 17.0 Å². The van der Waals surface area contributed by atoms with Crippen LogP contribution in [0, 0.1) is 5.82 Å². The molecule has 0 saturated carbocycles. The van der Waals surface area contributed by atoms with Crippen molar-refractivity contribution in [3.8, 4) is 0 Å². The molecule has 1 heterocycles. The molecule has 3 aromatic rings. The molecule has 4 nitrogen and oxygen atoms in total. The second kappa shape index (κ2) is 7.28. The number of hydrogen-bond donors (Lipinski definition) is 1. The Kier molecular flexibility index (Phi) is 4.81. The molecule has 144 valence electrons. The van der Waals surface area contributed by atoms with Gasteiger partial charge in [-0.3, -0.25) is 4.31 Å². The van der Waals surface area contributed by atoms with Crippen molar-refractivity contribution >= 4 is 21.4 Å². The van der Waals surface area contributed by atoms with E-state index in [0.717, 1.165) is 11.3 Å². The molecule has 0 spiro atoms. The quantitative estimate of drug-likeness (QED) is 0.678. The zero-order chi connectivity index (χ0) is 19.7. The lowest BCUT2D eigenvalue weighted by Crippen LogP contribution is -2.44. The highest BCUT2D eigenvalue weighted by Crippen LogP contribution is 2.41. The number of hydrogen-bond acceptors (Lipinski definition) is 3. The Morgan fingerprint density at radius 2 is 1.57 bits per heavy atom. The first-order valence-corrected chi connectivity index (χ1v) is 10.6. The molecule has 2 atom stereocenters. The Morgan fingerprint density at radius 3 is 2.29 bits per heavy atom. The second-order valence-corrected chi connectivity index (χ2v) is 8.78. The van der Waals surface area contributed by atoms with E-state index in [4.69, 9.17) is 0 Å². The molecule has 28 heavy (non-hydrogen) atoms. The lowest BCUT2D eigenvalue weighted by Gasteiger charge is -2.40. The minimum Gasteiger partial charge on any atom is -0.378 e. The van der Waals surface area contributed by atoms with Crippen molar-refractivity contribution < 1.29 is 12.8 Å². The number of halogens is 1. The van der Waals surface area contributed by atoms with Gasteiger partial charge in [0.15, 0.2) is 0 Å². The van der Waals surface area contributed by atoms with Gasteiger partial charge in [-0.1, -0.05) is 36.4 Å². The molecular formula is C22H21FN2O2S. The Labute approximate surface area is 164 Å². The van der Waals surface area contributed by atoms with E-state index in [1.165, 1.54) is 28.6 Å². The summed E-state index contributed by atoms with van der Waals surface area (Å²) in [6.07, 6.45) is 0.617. The lowest BCUT2D eigenvalue weighted by molar-refractivity contribution is 0.537. The molecule has 0 bridgehead atoms. The van der Waals surface area contributed by atoms with Gasteiger partial charge in [0.25, 0.3) is 10.0 Å². The number of fused-ring (bicyclic) bond motifs is 1. The van der Waals surface area contributed by atoms with Crippen LogP contribution in [-0.2, 0) is 10.0 Å². The smallest absolute Gasteiger partial charge is 0.264 e. The molecule has 0 aliphatic carbocycles. The van der Waals surface area contributed by atoms with E-state index in [1.807, 2.05) is 61.5 Å². The maximum atomic E-state index is 13.3. The molecule has 6 heteroatoms. The van der Waals surface area contributed by atoms with Crippen LogP contribution in [0.1, 0.15) is 24.9 Å². The topological polar surface area (TPSA) is 49.4 Å². The van der Waals surface area contributed by atoms with Crippen molar-refractivity contribution in [3.05, 3.63) is 90.2 Å². The molecule has 0 radical (unpaired) electrons. The number of para-hydroxylation sites is 2. The highest BCUT2D eigenvalue weighted by Gasteiger charge is 2.37. The van der Waals surface area contributed by atoms with Crippen LogP contribution in [0.2, 0.25) is 0 Å². The van der Waals surface area contributed by atoms with Crippen LogP contribution < -0.4 is 9.62 Å². The van der Waals surface area contributed by atoms with Gasteiger partial charge in [-0.2, -0.15) is 0 Å². The van der Waals surface area contributed by atoms with Crippen molar-refractivity contribution in [1.29, 1.82) is 0 Å². The first-order chi connectivity index (χ1) is 13.5. The first kappa shape index (κ1) is 18.5. The molecule has 1 N–H and O–H groups in total. The van der Waals surface area contributed by atoms with Gasteiger partial charge in [-0.05, 0) is 61.4 Å². The summed E-state index contributed by atoms with van der Waals surface area (Å²) in [7, 11) is -3.80. The molecule has 4 rings (SSSR count). The summed E-state index contributed by atoms with van der Waals surface area (Å²) >= 11 is 0. The lowest BCUT2D eigenvalue weighted by atomic mass is 9.93. The maximum Gasteiger partial charge on any atom is 0.264 e. The second-order valence-electron chi connectivity index (χ2n) is 6.96. The van der Waals surface area contributed by atoms with Gasteiger partial charge in [0, 0.05) is 11.7 Å². The van der Waals surface area contributed by atoms with Crippen LogP contribution >= 0.6 is 0 Å². The van der Waals surface area contributed by atoms with Gasteiger partial charge in [-0.25, -0.2) is 12.8 Å². The molecule has 2 unspecified atom stereocenters. The number of rotatable bonds is 4. The van der Waals surface area contributed by atoms with E-state index in [9.17, 15) is 12.8 Å². The Hall–Kier alpha value is -2.86. The minimum absolute atomic E-state index is 0.00623. The van der Waals surface area contributed by atoms with Crippen LogP contribution in [0.3, 0.4) is 0 Å². The third kappa shape index (κ3) is 3.36. The van der Waals surface area contributed by atoms with Gasteiger partial charge in [0.2, 0.25) is 0 Å². The number of nitrogens with zero attached hydrogens (tertiary/aromatic N) is 1. The highest BCUT2D eigenvalue weighted by atomic mass is 32.2. The predicted molar refractivity (Wildman–Crippen MR) is 109 cm³/mol. The summed E-state index contributed by atoms with van der Waals surface area (Å²) in [6, 6.07) is 22.1. The average Bonchev–Trinajstić information content (AvgIpc) is 2.69.